The summed E-state index contributed by atoms with van der Waals surface area (Å²) in [5.41, 5.74) is 17.6. The van der Waals surface area contributed by atoms with Crippen molar-refractivity contribution < 1.29 is 4.74 Å². The fraction of sp³-hybridized carbons (Fsp3) is 0.158. The van der Waals surface area contributed by atoms with Gasteiger partial charge in [-0.15, -0.1) is 0 Å². The van der Waals surface area contributed by atoms with Gasteiger partial charge in [-0.2, -0.15) is 0 Å². The molecule has 0 amide bonds. The highest BCUT2D eigenvalue weighted by Crippen LogP contribution is 2.39. The molecule has 0 fully saturated rings. The molecule has 0 saturated carbocycles. The van der Waals surface area contributed by atoms with Crippen molar-refractivity contribution in [2.24, 2.45) is 0 Å². The second kappa shape index (κ2) is 14.5. The maximum absolute atomic E-state index is 6.91. The number of fused-ring (bicyclic) bond motifs is 8. The minimum Gasteiger partial charge on any atom is -0.458 e. The van der Waals surface area contributed by atoms with Crippen molar-refractivity contribution in [2.45, 2.75) is 59.3 Å². The summed E-state index contributed by atoms with van der Waals surface area (Å²) in [6.45, 7) is 14.1. The molecular formula is C57H49BN2O. The molecule has 1 aliphatic heterocycles. The second-order valence-electron chi connectivity index (χ2n) is 17.9. The van der Waals surface area contributed by atoms with Gasteiger partial charge in [0.25, 0.3) is 6.71 Å². The summed E-state index contributed by atoms with van der Waals surface area (Å²) in [4.78, 5) is 0. The lowest BCUT2D eigenvalue weighted by atomic mass is 9.34. The van der Waals surface area contributed by atoms with Crippen molar-refractivity contribution in [2.75, 3.05) is 0 Å². The maximum Gasteiger partial charge on any atom is 0.251 e. The van der Waals surface area contributed by atoms with E-state index in [2.05, 4.69) is 221 Å². The molecule has 0 spiro atoms. The van der Waals surface area contributed by atoms with E-state index in [1.165, 1.54) is 93.5 Å². The Morgan fingerprint density at radius 3 is 1.49 bits per heavy atom. The van der Waals surface area contributed by atoms with Crippen molar-refractivity contribution in [1.29, 1.82) is 0 Å². The third-order valence-electron chi connectivity index (χ3n) is 13.2. The first-order chi connectivity index (χ1) is 29.7. The Bertz CT molecular complexity index is 3300. The second-order valence-corrected chi connectivity index (χ2v) is 17.9. The van der Waals surface area contributed by atoms with Crippen LogP contribution in [0.15, 0.2) is 170 Å². The maximum atomic E-state index is 6.91. The molecule has 0 unspecified atom stereocenters. The lowest BCUT2D eigenvalue weighted by Gasteiger charge is -2.32. The summed E-state index contributed by atoms with van der Waals surface area (Å²) in [6.07, 6.45) is 0. The number of aromatic nitrogens is 2. The number of nitrogens with zero attached hydrogens (tertiary/aromatic N) is 2. The SMILES string of the molecule is CC(C)c1cc(C(C)C)c(B2c3ccccc3Oc3cc(-n4c5ccccc5c5cc(-c6ccc7c(c6)c6ccccc6n7-c6ccccc6)ccc54)ccc32)c(C(C)C)c1. The zero-order chi connectivity index (χ0) is 41.5. The van der Waals surface area contributed by atoms with E-state index in [-0.39, 0.29) is 6.71 Å². The number of benzene rings is 8. The zero-order valence-electron chi connectivity index (χ0n) is 35.8. The molecule has 1 aliphatic rings. The molecule has 0 N–H and O–H groups in total. The molecule has 0 saturated heterocycles. The van der Waals surface area contributed by atoms with E-state index in [0.29, 0.717) is 17.8 Å². The third kappa shape index (κ3) is 5.95. The Morgan fingerprint density at radius 2 is 0.902 bits per heavy atom. The van der Waals surface area contributed by atoms with Crippen LogP contribution in [0.5, 0.6) is 11.5 Å². The first-order valence-corrected chi connectivity index (χ1v) is 22.0. The number of ether oxygens (including phenoxy) is 1. The van der Waals surface area contributed by atoms with E-state index in [1.807, 2.05) is 0 Å². The number of hydrogen-bond donors (Lipinski definition) is 0. The molecule has 10 aromatic rings. The van der Waals surface area contributed by atoms with Crippen LogP contribution >= 0.6 is 0 Å². The fourth-order valence-electron chi connectivity index (χ4n) is 10.2. The van der Waals surface area contributed by atoms with E-state index < -0.39 is 0 Å². The summed E-state index contributed by atoms with van der Waals surface area (Å²) in [6, 6.07) is 62.7. The Kier molecular flexibility index (Phi) is 8.82. The first-order valence-electron chi connectivity index (χ1n) is 22.0. The standard InChI is InChI=1S/C57H49BN2O/c1-35(2)40-32-45(36(3)4)57(46(33-40)37(5)6)58-49-20-12-15-23-55(49)61-56-34-42(26-27-50(56)58)60-52-22-14-11-19-44(52)48-31-39(25-29-54(48)60)38-24-28-53-47(30-38)43-18-10-13-21-51(43)59(53)41-16-8-7-9-17-41/h7-37H,1-6H3. The monoisotopic (exact) mass is 788 g/mol. The van der Waals surface area contributed by atoms with Crippen molar-refractivity contribution in [1.82, 2.24) is 9.13 Å². The first kappa shape index (κ1) is 37.2. The molecule has 0 aliphatic carbocycles. The molecule has 0 atom stereocenters. The molecule has 0 radical (unpaired) electrons. The highest BCUT2D eigenvalue weighted by Gasteiger charge is 2.37. The van der Waals surface area contributed by atoms with Crippen molar-refractivity contribution in [3.8, 4) is 34.0 Å². The number of para-hydroxylation sites is 4. The van der Waals surface area contributed by atoms with Crippen LogP contribution in [0, 0.1) is 0 Å². The Hall–Kier alpha value is -6.78. The largest absolute Gasteiger partial charge is 0.458 e. The topological polar surface area (TPSA) is 19.1 Å². The highest BCUT2D eigenvalue weighted by atomic mass is 16.5. The Balaban J connectivity index is 1.06. The molecule has 2 aromatic heterocycles. The van der Waals surface area contributed by atoms with Crippen LogP contribution in [-0.4, -0.2) is 15.8 Å². The molecule has 4 heteroatoms. The van der Waals surface area contributed by atoms with Gasteiger partial charge >= 0.3 is 0 Å². The van der Waals surface area contributed by atoms with Crippen molar-refractivity contribution >= 4 is 66.7 Å². The minimum absolute atomic E-state index is 0.0600. The molecule has 3 heterocycles. The molecule has 3 nitrogen and oxygen atoms in total. The van der Waals surface area contributed by atoms with E-state index >= 15 is 0 Å². The van der Waals surface area contributed by atoms with Gasteiger partial charge in [-0.3, -0.25) is 0 Å². The molecule has 8 aromatic carbocycles. The predicted octanol–water partition coefficient (Wildman–Crippen LogP) is 13.5. The lowest BCUT2D eigenvalue weighted by molar-refractivity contribution is 0.487. The molecule has 11 rings (SSSR count). The van der Waals surface area contributed by atoms with E-state index in [9.17, 15) is 0 Å². The average molecular weight is 789 g/mol. The summed E-state index contributed by atoms with van der Waals surface area (Å²) in [7, 11) is 0. The lowest BCUT2D eigenvalue weighted by Crippen LogP contribution is -2.57. The van der Waals surface area contributed by atoms with Crippen molar-refractivity contribution in [3.05, 3.63) is 187 Å². The van der Waals surface area contributed by atoms with Crippen LogP contribution in [0.4, 0.5) is 0 Å². The van der Waals surface area contributed by atoms with Gasteiger partial charge in [0.05, 0.1) is 22.1 Å². The minimum atomic E-state index is 0.0600. The fourth-order valence-corrected chi connectivity index (χ4v) is 10.2. The van der Waals surface area contributed by atoms with Gasteiger partial charge in [0, 0.05) is 39.0 Å². The number of rotatable bonds is 7. The quantitative estimate of drug-likeness (QED) is 0.147. The van der Waals surface area contributed by atoms with Gasteiger partial charge in [-0.1, -0.05) is 150 Å². The summed E-state index contributed by atoms with van der Waals surface area (Å²) in [5.74, 6) is 3.07. The van der Waals surface area contributed by atoms with Crippen LogP contribution in [0.2, 0.25) is 0 Å². The number of hydrogen-bond acceptors (Lipinski definition) is 1. The molecule has 296 valence electrons. The van der Waals surface area contributed by atoms with Crippen LogP contribution in [0.1, 0.15) is 76.0 Å². The van der Waals surface area contributed by atoms with E-state index in [1.54, 1.807) is 0 Å². The van der Waals surface area contributed by atoms with Gasteiger partial charge in [0.2, 0.25) is 0 Å². The average Bonchev–Trinajstić information content (AvgIpc) is 3.80. The van der Waals surface area contributed by atoms with Gasteiger partial charge in [-0.25, -0.2) is 0 Å². The van der Waals surface area contributed by atoms with E-state index in [4.69, 9.17) is 4.74 Å². The normalized spacial score (nSPS) is 12.6. The highest BCUT2D eigenvalue weighted by molar-refractivity contribution is 6.97. The molecular weight excluding hydrogens is 739 g/mol. The van der Waals surface area contributed by atoms with E-state index in [0.717, 1.165) is 17.2 Å². The Morgan fingerprint density at radius 1 is 0.393 bits per heavy atom. The summed E-state index contributed by atoms with van der Waals surface area (Å²) >= 11 is 0. The smallest absolute Gasteiger partial charge is 0.251 e. The van der Waals surface area contributed by atoms with Crippen LogP contribution in [-0.2, 0) is 0 Å². The summed E-state index contributed by atoms with van der Waals surface area (Å²) < 4.78 is 11.7. The van der Waals surface area contributed by atoms with Gasteiger partial charge in [0.15, 0.2) is 0 Å². The Labute approximate surface area is 358 Å². The van der Waals surface area contributed by atoms with Crippen molar-refractivity contribution in [3.63, 3.8) is 0 Å². The van der Waals surface area contributed by atoms with Crippen LogP contribution in [0.25, 0.3) is 66.1 Å². The third-order valence-corrected chi connectivity index (χ3v) is 13.2. The van der Waals surface area contributed by atoms with Gasteiger partial charge < -0.3 is 13.9 Å². The zero-order valence-corrected chi connectivity index (χ0v) is 35.8. The van der Waals surface area contributed by atoms with Gasteiger partial charge in [0.1, 0.15) is 11.5 Å². The molecule has 61 heavy (non-hydrogen) atoms. The van der Waals surface area contributed by atoms with Crippen LogP contribution in [0.3, 0.4) is 0 Å². The summed E-state index contributed by atoms with van der Waals surface area (Å²) in [5, 5.41) is 4.98. The van der Waals surface area contributed by atoms with Gasteiger partial charge in [-0.05, 0) is 117 Å². The predicted molar refractivity (Wildman–Crippen MR) is 260 cm³/mol. The van der Waals surface area contributed by atoms with Crippen LogP contribution < -0.4 is 21.1 Å². The molecule has 0 bridgehead atoms.